The molecular weight excluding hydrogens is 264 g/mol. The number of benzene rings is 1. The van der Waals surface area contributed by atoms with Gasteiger partial charge in [-0.15, -0.1) is 0 Å². The van der Waals surface area contributed by atoms with Gasteiger partial charge in [0.2, 0.25) is 10.0 Å². The number of hydrogen-bond donors (Lipinski definition) is 2. The van der Waals surface area contributed by atoms with Crippen LogP contribution >= 0.6 is 0 Å². The molecule has 108 valence electrons. The van der Waals surface area contributed by atoms with Crippen LogP contribution < -0.4 is 10.0 Å². The number of sulfonamides is 1. The maximum atomic E-state index is 11.9. The highest BCUT2D eigenvalue weighted by atomic mass is 32.2. The second-order valence-corrected chi connectivity index (χ2v) is 6.06. The van der Waals surface area contributed by atoms with E-state index in [9.17, 15) is 8.42 Å². The lowest BCUT2D eigenvalue weighted by atomic mass is 10.2. The summed E-state index contributed by atoms with van der Waals surface area (Å²) < 4.78 is 31.5. The molecule has 1 aromatic carbocycles. The van der Waals surface area contributed by atoms with E-state index in [1.165, 1.54) is 0 Å². The molecular formula is C13H22N2O3S. The Morgan fingerprint density at radius 1 is 1.26 bits per heavy atom. The molecule has 0 radical (unpaired) electrons. The Hall–Kier alpha value is -1.11. The van der Waals surface area contributed by atoms with Crippen molar-refractivity contribution in [1.29, 1.82) is 0 Å². The Balaban J connectivity index is 2.62. The predicted molar refractivity (Wildman–Crippen MR) is 77.7 cm³/mol. The van der Waals surface area contributed by atoms with E-state index in [4.69, 9.17) is 4.74 Å². The highest BCUT2D eigenvalue weighted by Gasteiger charge is 2.12. The smallest absolute Gasteiger partial charge is 0.232 e. The molecule has 0 fully saturated rings. The number of methoxy groups -OCH3 is 1. The molecule has 1 rings (SSSR count). The molecule has 0 bridgehead atoms. The van der Waals surface area contributed by atoms with Gasteiger partial charge in [0.15, 0.2) is 0 Å². The van der Waals surface area contributed by atoms with Crippen LogP contribution in [0.5, 0.6) is 0 Å². The molecule has 5 nitrogen and oxygen atoms in total. The van der Waals surface area contributed by atoms with Crippen molar-refractivity contribution in [2.75, 3.05) is 30.7 Å². The van der Waals surface area contributed by atoms with Crippen molar-refractivity contribution in [3.8, 4) is 0 Å². The van der Waals surface area contributed by atoms with Crippen molar-refractivity contribution in [1.82, 2.24) is 5.32 Å². The van der Waals surface area contributed by atoms with Crippen molar-refractivity contribution in [2.45, 2.75) is 20.0 Å². The second kappa shape index (κ2) is 8.14. The van der Waals surface area contributed by atoms with Gasteiger partial charge in [-0.3, -0.25) is 4.72 Å². The fourth-order valence-electron chi connectivity index (χ4n) is 1.68. The van der Waals surface area contributed by atoms with E-state index in [1.54, 1.807) is 19.2 Å². The van der Waals surface area contributed by atoms with E-state index in [-0.39, 0.29) is 5.75 Å². The third kappa shape index (κ3) is 6.04. The van der Waals surface area contributed by atoms with Crippen LogP contribution in [0, 0.1) is 0 Å². The summed E-state index contributed by atoms with van der Waals surface area (Å²) in [6, 6.07) is 7.25. The van der Waals surface area contributed by atoms with Crippen LogP contribution in [0.2, 0.25) is 0 Å². The highest BCUT2D eigenvalue weighted by Crippen LogP contribution is 2.17. The zero-order valence-electron chi connectivity index (χ0n) is 11.5. The van der Waals surface area contributed by atoms with Crippen LogP contribution in [0.4, 0.5) is 5.69 Å². The summed E-state index contributed by atoms with van der Waals surface area (Å²) in [6.45, 7) is 3.94. The van der Waals surface area contributed by atoms with Crippen LogP contribution in [-0.4, -0.2) is 34.4 Å². The third-order valence-corrected chi connectivity index (χ3v) is 3.96. The molecule has 0 heterocycles. The van der Waals surface area contributed by atoms with Gasteiger partial charge >= 0.3 is 0 Å². The number of ether oxygens (including phenoxy) is 1. The molecule has 0 unspecified atom stereocenters. The van der Waals surface area contributed by atoms with Crippen LogP contribution in [0.25, 0.3) is 0 Å². The fraction of sp³-hybridized carbons (Fsp3) is 0.538. The Morgan fingerprint density at radius 2 is 2.00 bits per heavy atom. The maximum Gasteiger partial charge on any atom is 0.232 e. The SMILES string of the molecule is CCNCCCS(=O)(=O)Nc1ccccc1COC. The quantitative estimate of drug-likeness (QED) is 0.676. The molecule has 1 aromatic rings. The van der Waals surface area contributed by atoms with E-state index in [0.717, 1.165) is 12.1 Å². The minimum atomic E-state index is -3.30. The summed E-state index contributed by atoms with van der Waals surface area (Å²) >= 11 is 0. The topological polar surface area (TPSA) is 67.4 Å². The number of para-hydroxylation sites is 1. The number of hydrogen-bond acceptors (Lipinski definition) is 4. The van der Waals surface area contributed by atoms with Crippen molar-refractivity contribution in [3.05, 3.63) is 29.8 Å². The molecule has 0 spiro atoms. The first-order chi connectivity index (χ1) is 9.09. The maximum absolute atomic E-state index is 11.9. The zero-order valence-corrected chi connectivity index (χ0v) is 12.3. The van der Waals surface area contributed by atoms with Gasteiger partial charge in [0, 0.05) is 12.7 Å². The van der Waals surface area contributed by atoms with Crippen molar-refractivity contribution >= 4 is 15.7 Å². The molecule has 0 aliphatic heterocycles. The van der Waals surface area contributed by atoms with Gasteiger partial charge in [0.1, 0.15) is 0 Å². The fourth-order valence-corrected chi connectivity index (χ4v) is 2.84. The Bertz CT molecular complexity index is 475. The van der Waals surface area contributed by atoms with Crippen LogP contribution in [-0.2, 0) is 21.4 Å². The highest BCUT2D eigenvalue weighted by molar-refractivity contribution is 7.92. The van der Waals surface area contributed by atoms with E-state index in [1.807, 2.05) is 19.1 Å². The Morgan fingerprint density at radius 3 is 2.68 bits per heavy atom. The first-order valence-electron chi connectivity index (χ1n) is 6.37. The number of nitrogens with one attached hydrogen (secondary N) is 2. The lowest BCUT2D eigenvalue weighted by molar-refractivity contribution is 0.185. The molecule has 2 N–H and O–H groups in total. The lowest BCUT2D eigenvalue weighted by Gasteiger charge is -2.12. The minimum Gasteiger partial charge on any atom is -0.380 e. The van der Waals surface area contributed by atoms with Gasteiger partial charge < -0.3 is 10.1 Å². The van der Waals surface area contributed by atoms with Crippen molar-refractivity contribution in [2.24, 2.45) is 0 Å². The van der Waals surface area contributed by atoms with Gasteiger partial charge in [0.25, 0.3) is 0 Å². The van der Waals surface area contributed by atoms with Crippen molar-refractivity contribution < 1.29 is 13.2 Å². The van der Waals surface area contributed by atoms with Crippen LogP contribution in [0.1, 0.15) is 18.9 Å². The number of anilines is 1. The monoisotopic (exact) mass is 286 g/mol. The van der Waals surface area contributed by atoms with E-state index >= 15 is 0 Å². The molecule has 6 heteroatoms. The summed E-state index contributed by atoms with van der Waals surface area (Å²) in [7, 11) is -1.72. The van der Waals surface area contributed by atoms with E-state index in [2.05, 4.69) is 10.0 Å². The van der Waals surface area contributed by atoms with Gasteiger partial charge in [-0.25, -0.2) is 8.42 Å². The first kappa shape index (κ1) is 15.9. The van der Waals surface area contributed by atoms with Crippen LogP contribution in [0.3, 0.4) is 0 Å². The summed E-state index contributed by atoms with van der Waals surface area (Å²) in [5.74, 6) is 0.112. The van der Waals surface area contributed by atoms with Gasteiger partial charge in [-0.05, 0) is 25.6 Å². The molecule has 0 aromatic heterocycles. The molecule has 0 atom stereocenters. The average Bonchev–Trinajstić information content (AvgIpc) is 2.37. The third-order valence-electron chi connectivity index (χ3n) is 2.60. The lowest BCUT2D eigenvalue weighted by Crippen LogP contribution is -2.22. The predicted octanol–water partition coefficient (Wildman–Crippen LogP) is 1.57. The molecule has 0 aliphatic rings. The summed E-state index contributed by atoms with van der Waals surface area (Å²) in [5, 5.41) is 3.10. The van der Waals surface area contributed by atoms with Gasteiger partial charge in [-0.1, -0.05) is 25.1 Å². The Labute approximate surface area is 115 Å². The average molecular weight is 286 g/mol. The Kier molecular flexibility index (Phi) is 6.83. The zero-order chi connectivity index (χ0) is 14.1. The normalized spacial score (nSPS) is 11.5. The molecule has 0 amide bonds. The molecule has 0 aliphatic carbocycles. The summed E-state index contributed by atoms with van der Waals surface area (Å²) in [6.07, 6.45) is 0.593. The standard InChI is InChI=1S/C13H22N2O3S/c1-3-14-9-6-10-19(16,17)15-13-8-5-4-7-12(13)11-18-2/h4-5,7-8,14-15H,3,6,9-11H2,1-2H3. The first-order valence-corrected chi connectivity index (χ1v) is 8.02. The van der Waals surface area contributed by atoms with Gasteiger partial charge in [0.05, 0.1) is 18.0 Å². The second-order valence-electron chi connectivity index (χ2n) is 4.22. The van der Waals surface area contributed by atoms with E-state index < -0.39 is 10.0 Å². The minimum absolute atomic E-state index is 0.112. The molecule has 19 heavy (non-hydrogen) atoms. The summed E-state index contributed by atoms with van der Waals surface area (Å²) in [4.78, 5) is 0. The largest absolute Gasteiger partial charge is 0.380 e. The van der Waals surface area contributed by atoms with E-state index in [0.29, 0.717) is 25.3 Å². The van der Waals surface area contributed by atoms with Crippen molar-refractivity contribution in [3.63, 3.8) is 0 Å². The van der Waals surface area contributed by atoms with Crippen LogP contribution in [0.15, 0.2) is 24.3 Å². The molecule has 0 saturated carbocycles. The number of rotatable bonds is 9. The summed E-state index contributed by atoms with van der Waals surface area (Å²) in [5.41, 5.74) is 1.42. The van der Waals surface area contributed by atoms with Gasteiger partial charge in [-0.2, -0.15) is 0 Å². The molecule has 0 saturated heterocycles.